The average molecular weight is 567 g/mol. The molecule has 2 unspecified atom stereocenters. The maximum absolute atomic E-state index is 13.5. The number of halogens is 7. The lowest BCUT2D eigenvalue weighted by molar-refractivity contribution is -0.260. The van der Waals surface area contributed by atoms with Gasteiger partial charge in [-0.3, -0.25) is 0 Å². The SMILES string of the molecule is COC(=O)C(O)(C1CC=C(S(=O)(=O)N2CCN(c3ccc(F)cc3C(F)(F)F)C[C@H]2C)S1)C(F)(F)F. The van der Waals surface area contributed by atoms with Gasteiger partial charge >= 0.3 is 18.3 Å². The van der Waals surface area contributed by atoms with Gasteiger partial charge in [0.25, 0.3) is 5.60 Å². The number of alkyl halides is 6. The minimum absolute atomic E-state index is 0.152. The van der Waals surface area contributed by atoms with Crippen molar-refractivity contribution in [3.63, 3.8) is 0 Å². The zero-order valence-electron chi connectivity index (χ0n) is 18.7. The first kappa shape index (κ1) is 28.5. The van der Waals surface area contributed by atoms with Crippen molar-refractivity contribution in [1.29, 1.82) is 0 Å². The minimum Gasteiger partial charge on any atom is -0.467 e. The predicted molar refractivity (Wildman–Crippen MR) is 116 cm³/mol. The molecule has 3 rings (SSSR count). The molecule has 0 saturated carbocycles. The highest BCUT2D eigenvalue weighted by Crippen LogP contribution is 2.48. The molecule has 0 amide bonds. The maximum atomic E-state index is 13.5. The Morgan fingerprint density at radius 1 is 1.17 bits per heavy atom. The van der Waals surface area contributed by atoms with E-state index in [0.717, 1.165) is 22.5 Å². The number of ether oxygens (including phenoxy) is 1. The number of carbonyl (C=O) groups excluding carboxylic acids is 1. The Morgan fingerprint density at radius 2 is 1.81 bits per heavy atom. The molecule has 7 nitrogen and oxygen atoms in total. The Hall–Kier alpha value is -2.04. The second kappa shape index (κ2) is 9.68. The number of carbonyl (C=O) groups is 1. The number of anilines is 1. The minimum atomic E-state index is -5.45. The van der Waals surface area contributed by atoms with E-state index >= 15 is 0 Å². The van der Waals surface area contributed by atoms with Crippen LogP contribution in [-0.2, 0) is 25.7 Å². The summed E-state index contributed by atoms with van der Waals surface area (Å²) >= 11 is 0.152. The number of methoxy groups -OCH3 is 1. The van der Waals surface area contributed by atoms with Crippen LogP contribution in [0.15, 0.2) is 28.5 Å². The van der Waals surface area contributed by atoms with Crippen molar-refractivity contribution < 1.29 is 53.8 Å². The van der Waals surface area contributed by atoms with Crippen molar-refractivity contribution in [2.24, 2.45) is 0 Å². The summed E-state index contributed by atoms with van der Waals surface area (Å²) in [7, 11) is -3.77. The first-order valence-corrected chi connectivity index (χ1v) is 12.6. The van der Waals surface area contributed by atoms with Crippen LogP contribution in [0.2, 0.25) is 0 Å². The number of thioether (sulfide) groups is 1. The Morgan fingerprint density at radius 3 is 2.33 bits per heavy atom. The molecule has 2 aliphatic rings. The maximum Gasteiger partial charge on any atom is 0.429 e. The van der Waals surface area contributed by atoms with Gasteiger partial charge in [0, 0.05) is 31.4 Å². The van der Waals surface area contributed by atoms with Crippen LogP contribution in [0.3, 0.4) is 0 Å². The Kier molecular flexibility index (Phi) is 7.68. The molecule has 16 heteroatoms. The first-order valence-electron chi connectivity index (χ1n) is 10.3. The van der Waals surface area contributed by atoms with Crippen LogP contribution in [0.4, 0.5) is 36.4 Å². The number of allylic oxidation sites excluding steroid dienone is 1. The topological polar surface area (TPSA) is 87.1 Å². The number of rotatable bonds is 5. The molecule has 0 aliphatic carbocycles. The molecule has 0 bridgehead atoms. The number of hydrogen-bond acceptors (Lipinski definition) is 7. The number of hydrogen-bond donors (Lipinski definition) is 1. The molecular weight excluding hydrogens is 545 g/mol. The Bertz CT molecular complexity index is 1160. The Labute approximate surface area is 205 Å². The molecule has 1 saturated heterocycles. The van der Waals surface area contributed by atoms with Gasteiger partial charge in [0.05, 0.1) is 17.9 Å². The fourth-order valence-corrected chi connectivity index (χ4v) is 7.68. The largest absolute Gasteiger partial charge is 0.467 e. The standard InChI is InChI=1S/C20H21F7N2O5S2/c1-11-10-28(14-4-3-12(21)9-13(14)19(22,23)24)7-8-29(11)36(32,33)16-6-5-15(35-16)18(31,17(30)34-2)20(25,26)27/h3-4,6,9,11,15,31H,5,7-8,10H2,1-2H3/t11-,15?,18?/m1/s1. The highest BCUT2D eigenvalue weighted by atomic mass is 32.3. The van der Waals surface area contributed by atoms with Gasteiger partial charge in [-0.2, -0.15) is 30.6 Å². The van der Waals surface area contributed by atoms with Crippen molar-refractivity contribution in [1.82, 2.24) is 4.31 Å². The zero-order valence-corrected chi connectivity index (χ0v) is 20.4. The number of nitrogens with zero attached hydrogens (tertiary/aromatic N) is 2. The Balaban J connectivity index is 1.80. The summed E-state index contributed by atoms with van der Waals surface area (Å²) in [6.07, 6.45) is -9.97. The molecule has 1 fully saturated rings. The molecule has 2 heterocycles. The number of benzene rings is 1. The molecule has 0 spiro atoms. The van der Waals surface area contributed by atoms with Crippen LogP contribution >= 0.6 is 11.8 Å². The van der Waals surface area contributed by atoms with E-state index in [1.807, 2.05) is 0 Å². The summed E-state index contributed by atoms with van der Waals surface area (Å²) in [5.74, 6) is -3.08. The van der Waals surface area contributed by atoms with Gasteiger partial charge < -0.3 is 14.7 Å². The van der Waals surface area contributed by atoms with E-state index in [1.54, 1.807) is 0 Å². The van der Waals surface area contributed by atoms with Crippen LogP contribution in [0, 0.1) is 5.82 Å². The highest BCUT2D eigenvalue weighted by molar-refractivity contribution is 8.18. The summed E-state index contributed by atoms with van der Waals surface area (Å²) in [4.78, 5) is 13.0. The fourth-order valence-electron chi connectivity index (χ4n) is 4.09. The summed E-state index contributed by atoms with van der Waals surface area (Å²) in [6, 6.07) is 1.21. The van der Waals surface area contributed by atoms with Crippen molar-refractivity contribution >= 4 is 33.4 Å². The van der Waals surface area contributed by atoms with E-state index in [1.165, 1.54) is 11.8 Å². The van der Waals surface area contributed by atoms with Gasteiger partial charge in [-0.1, -0.05) is 6.08 Å². The molecule has 1 aromatic rings. The molecule has 1 aromatic carbocycles. The predicted octanol–water partition coefficient (Wildman–Crippen LogP) is 3.50. The smallest absolute Gasteiger partial charge is 0.429 e. The van der Waals surface area contributed by atoms with Crippen molar-refractivity contribution in [3.05, 3.63) is 39.9 Å². The van der Waals surface area contributed by atoms with E-state index in [2.05, 4.69) is 4.74 Å². The van der Waals surface area contributed by atoms with Crippen LogP contribution in [-0.4, -0.2) is 73.6 Å². The summed E-state index contributed by atoms with van der Waals surface area (Å²) in [5.41, 5.74) is -5.52. The average Bonchev–Trinajstić information content (AvgIpc) is 3.28. The molecule has 36 heavy (non-hydrogen) atoms. The third-order valence-corrected chi connectivity index (χ3v) is 9.86. The molecule has 1 N–H and O–H groups in total. The van der Waals surface area contributed by atoms with Crippen LogP contribution in [0.1, 0.15) is 18.9 Å². The van der Waals surface area contributed by atoms with Gasteiger partial charge in [0.15, 0.2) is 0 Å². The van der Waals surface area contributed by atoms with E-state index in [-0.39, 0.29) is 37.1 Å². The second-order valence-corrected chi connectivity index (χ2v) is 11.6. The van der Waals surface area contributed by atoms with E-state index in [0.29, 0.717) is 13.2 Å². The van der Waals surface area contributed by atoms with Crippen molar-refractivity contribution in [3.8, 4) is 0 Å². The molecule has 0 aromatic heterocycles. The quantitative estimate of drug-likeness (QED) is 0.432. The van der Waals surface area contributed by atoms with E-state index < -0.39 is 67.3 Å². The summed E-state index contributed by atoms with van der Waals surface area (Å²) < 4.78 is 125. The zero-order chi connectivity index (χ0) is 27.3. The number of aliphatic hydroxyl groups is 1. The molecule has 2 aliphatic heterocycles. The fraction of sp³-hybridized carbons (Fsp3) is 0.550. The molecular formula is C20H21F7N2O5S2. The number of sulfonamides is 1. The summed E-state index contributed by atoms with van der Waals surface area (Å²) in [5, 5.41) is 8.22. The third kappa shape index (κ3) is 5.04. The number of esters is 1. The molecule has 202 valence electrons. The van der Waals surface area contributed by atoms with Crippen molar-refractivity contribution in [2.75, 3.05) is 31.6 Å². The normalized spacial score (nSPS) is 23.8. The van der Waals surface area contributed by atoms with Gasteiger partial charge in [-0.25, -0.2) is 17.6 Å². The number of piperazine rings is 1. The van der Waals surface area contributed by atoms with Gasteiger partial charge in [0.2, 0.25) is 10.0 Å². The monoisotopic (exact) mass is 566 g/mol. The van der Waals surface area contributed by atoms with Gasteiger partial charge in [-0.15, -0.1) is 11.8 Å². The van der Waals surface area contributed by atoms with E-state index in [4.69, 9.17) is 0 Å². The molecule has 0 radical (unpaired) electrons. The third-order valence-electron chi connectivity index (χ3n) is 5.89. The highest BCUT2D eigenvalue weighted by Gasteiger charge is 2.66. The van der Waals surface area contributed by atoms with Crippen LogP contribution in [0.5, 0.6) is 0 Å². The van der Waals surface area contributed by atoms with Crippen LogP contribution in [0.25, 0.3) is 0 Å². The summed E-state index contributed by atoms with van der Waals surface area (Å²) in [6.45, 7) is 0.651. The van der Waals surface area contributed by atoms with Gasteiger partial charge in [0.1, 0.15) is 10.1 Å². The second-order valence-electron chi connectivity index (χ2n) is 8.19. The molecule has 3 atom stereocenters. The van der Waals surface area contributed by atoms with Crippen molar-refractivity contribution in [2.45, 2.75) is 42.6 Å². The van der Waals surface area contributed by atoms with Gasteiger partial charge in [-0.05, 0) is 31.5 Å². The lowest BCUT2D eigenvalue weighted by Crippen LogP contribution is -2.59. The van der Waals surface area contributed by atoms with Crippen LogP contribution < -0.4 is 4.90 Å². The first-order chi connectivity index (χ1) is 16.4. The lowest BCUT2D eigenvalue weighted by Gasteiger charge is -2.41. The van der Waals surface area contributed by atoms with E-state index in [9.17, 15) is 49.1 Å². The lowest BCUT2D eigenvalue weighted by atomic mass is 9.96.